The third-order valence-electron chi connectivity index (χ3n) is 4.85. The van der Waals surface area contributed by atoms with Crippen LogP contribution in [0.1, 0.15) is 15.9 Å². The number of methoxy groups -OCH3 is 1. The summed E-state index contributed by atoms with van der Waals surface area (Å²) in [4.78, 5) is 24.0. The summed E-state index contributed by atoms with van der Waals surface area (Å²) in [6.07, 6.45) is -4.73. The zero-order valence-electron chi connectivity index (χ0n) is 18.5. The largest absolute Gasteiger partial charge is 0.497 e. The van der Waals surface area contributed by atoms with E-state index in [0.29, 0.717) is 17.0 Å². The van der Waals surface area contributed by atoms with Crippen LogP contribution in [0.3, 0.4) is 0 Å². The number of alkyl halides is 3. The first-order chi connectivity index (χ1) is 17.1. The Morgan fingerprint density at radius 1 is 0.972 bits per heavy atom. The maximum absolute atomic E-state index is 13.6. The standard InChI is InChI=1S/C24H17ClF3N5O3/c1-35-16-11-7-14(8-12-16)21-31-22(30-15-9-5-13(6-10-15)20(29)34)33-23(32-21)36-19-17(24(26,27)28)3-2-4-18(19)25/h2-12H,1H3,(H2,29,34)(H,30,31,32,33). The summed E-state index contributed by atoms with van der Waals surface area (Å²) in [5.41, 5.74) is 5.46. The fourth-order valence-corrected chi connectivity index (χ4v) is 3.31. The van der Waals surface area contributed by atoms with Gasteiger partial charge in [0.15, 0.2) is 11.6 Å². The maximum Gasteiger partial charge on any atom is 0.420 e. The van der Waals surface area contributed by atoms with E-state index >= 15 is 0 Å². The van der Waals surface area contributed by atoms with Gasteiger partial charge in [-0.1, -0.05) is 17.7 Å². The molecule has 0 bridgehead atoms. The number of halogens is 4. The lowest BCUT2D eigenvalue weighted by atomic mass is 10.2. The number of nitrogens with one attached hydrogen (secondary N) is 1. The number of primary amides is 1. The number of amides is 1. The number of anilines is 2. The lowest BCUT2D eigenvalue weighted by Crippen LogP contribution is -2.10. The van der Waals surface area contributed by atoms with E-state index in [1.807, 2.05) is 0 Å². The summed E-state index contributed by atoms with van der Waals surface area (Å²) in [5.74, 6) is -0.574. The van der Waals surface area contributed by atoms with Crippen molar-refractivity contribution in [2.24, 2.45) is 5.73 Å². The van der Waals surface area contributed by atoms with Crippen LogP contribution in [-0.2, 0) is 6.18 Å². The van der Waals surface area contributed by atoms with Gasteiger partial charge in [-0.05, 0) is 60.7 Å². The summed E-state index contributed by atoms with van der Waals surface area (Å²) >= 11 is 6.02. The first-order valence-corrected chi connectivity index (χ1v) is 10.6. The number of benzene rings is 3. The predicted octanol–water partition coefficient (Wildman–Crippen LogP) is 5.85. The molecular formula is C24H17ClF3N5O3. The molecule has 0 radical (unpaired) electrons. The Labute approximate surface area is 207 Å². The minimum absolute atomic E-state index is 0.0294. The van der Waals surface area contributed by atoms with Gasteiger partial charge in [-0.25, -0.2) is 0 Å². The highest BCUT2D eigenvalue weighted by Gasteiger charge is 2.36. The molecule has 0 unspecified atom stereocenters. The highest BCUT2D eigenvalue weighted by molar-refractivity contribution is 6.32. The van der Waals surface area contributed by atoms with E-state index in [9.17, 15) is 18.0 Å². The molecule has 1 aromatic heterocycles. The van der Waals surface area contributed by atoms with E-state index in [1.165, 1.54) is 25.3 Å². The van der Waals surface area contributed by atoms with E-state index in [4.69, 9.17) is 26.8 Å². The molecule has 1 heterocycles. The number of rotatable bonds is 7. The summed E-state index contributed by atoms with van der Waals surface area (Å²) in [7, 11) is 1.51. The maximum atomic E-state index is 13.6. The van der Waals surface area contributed by atoms with Crippen LogP contribution in [-0.4, -0.2) is 28.0 Å². The van der Waals surface area contributed by atoms with Gasteiger partial charge in [0.05, 0.1) is 17.7 Å². The number of ether oxygens (including phenoxy) is 2. The summed E-state index contributed by atoms with van der Waals surface area (Å²) < 4.78 is 51.3. The Bertz CT molecular complexity index is 1400. The summed E-state index contributed by atoms with van der Waals surface area (Å²) in [5, 5.41) is 2.64. The molecular weight excluding hydrogens is 499 g/mol. The summed E-state index contributed by atoms with van der Waals surface area (Å²) in [6.45, 7) is 0. The molecule has 1 amide bonds. The fourth-order valence-electron chi connectivity index (χ4n) is 3.10. The van der Waals surface area contributed by atoms with E-state index in [2.05, 4.69) is 20.3 Å². The van der Waals surface area contributed by atoms with Crippen LogP contribution < -0.4 is 20.5 Å². The van der Waals surface area contributed by atoms with E-state index in [-0.39, 0.29) is 22.4 Å². The van der Waals surface area contributed by atoms with Gasteiger partial charge in [0.2, 0.25) is 11.9 Å². The first kappa shape index (κ1) is 24.7. The average Bonchev–Trinajstić information content (AvgIpc) is 2.85. The highest BCUT2D eigenvalue weighted by atomic mass is 35.5. The predicted molar refractivity (Wildman–Crippen MR) is 127 cm³/mol. The van der Waals surface area contributed by atoms with Gasteiger partial charge in [-0.2, -0.15) is 28.1 Å². The van der Waals surface area contributed by atoms with Crippen molar-refractivity contribution in [3.05, 3.63) is 82.9 Å². The lowest BCUT2D eigenvalue weighted by molar-refractivity contribution is -0.138. The number of carbonyl (C=O) groups is 1. The molecule has 36 heavy (non-hydrogen) atoms. The Hall–Kier alpha value is -4.38. The third kappa shape index (κ3) is 5.63. The molecule has 0 aliphatic rings. The van der Waals surface area contributed by atoms with Crippen molar-refractivity contribution < 1.29 is 27.4 Å². The van der Waals surface area contributed by atoms with Crippen LogP contribution >= 0.6 is 11.6 Å². The first-order valence-electron chi connectivity index (χ1n) is 10.2. The van der Waals surface area contributed by atoms with Gasteiger partial charge in [0.25, 0.3) is 0 Å². The van der Waals surface area contributed by atoms with E-state index in [0.717, 1.165) is 12.1 Å². The molecule has 0 aliphatic carbocycles. The molecule has 0 atom stereocenters. The highest BCUT2D eigenvalue weighted by Crippen LogP contribution is 2.41. The van der Waals surface area contributed by atoms with Gasteiger partial charge in [0.1, 0.15) is 5.75 Å². The molecule has 184 valence electrons. The number of hydrogen-bond donors (Lipinski definition) is 2. The Kier molecular flexibility index (Phi) is 6.93. The molecule has 3 N–H and O–H groups in total. The number of para-hydroxylation sites is 1. The van der Waals surface area contributed by atoms with Crippen LogP contribution in [0.4, 0.5) is 24.8 Å². The van der Waals surface area contributed by atoms with Crippen molar-refractivity contribution in [1.82, 2.24) is 15.0 Å². The normalized spacial score (nSPS) is 11.1. The van der Waals surface area contributed by atoms with Crippen LogP contribution in [0, 0.1) is 0 Å². The van der Waals surface area contributed by atoms with E-state index in [1.54, 1.807) is 36.4 Å². The molecule has 3 aromatic carbocycles. The molecule has 8 nitrogen and oxygen atoms in total. The monoisotopic (exact) mass is 515 g/mol. The molecule has 0 saturated heterocycles. The van der Waals surface area contributed by atoms with Crippen molar-refractivity contribution >= 4 is 29.1 Å². The number of nitrogens with two attached hydrogens (primary N) is 1. The number of aromatic nitrogens is 3. The van der Waals surface area contributed by atoms with Gasteiger partial charge >= 0.3 is 12.2 Å². The van der Waals surface area contributed by atoms with Gasteiger partial charge in [-0.15, -0.1) is 0 Å². The Morgan fingerprint density at radius 2 is 1.67 bits per heavy atom. The molecule has 4 aromatic rings. The Morgan fingerprint density at radius 3 is 2.28 bits per heavy atom. The second kappa shape index (κ2) is 10.1. The minimum Gasteiger partial charge on any atom is -0.497 e. The number of nitrogens with zero attached hydrogens (tertiary/aromatic N) is 3. The average molecular weight is 516 g/mol. The molecule has 4 rings (SSSR count). The molecule has 0 fully saturated rings. The lowest BCUT2D eigenvalue weighted by Gasteiger charge is -2.15. The summed E-state index contributed by atoms with van der Waals surface area (Å²) in [6, 6.07) is 15.6. The number of hydrogen-bond acceptors (Lipinski definition) is 7. The van der Waals surface area contributed by atoms with Crippen molar-refractivity contribution in [2.45, 2.75) is 6.18 Å². The van der Waals surface area contributed by atoms with Gasteiger partial charge in [0, 0.05) is 16.8 Å². The number of carbonyl (C=O) groups excluding carboxylic acids is 1. The van der Waals surface area contributed by atoms with Crippen LogP contribution in [0.2, 0.25) is 5.02 Å². The smallest absolute Gasteiger partial charge is 0.420 e. The zero-order valence-corrected chi connectivity index (χ0v) is 19.3. The van der Waals surface area contributed by atoms with Crippen LogP contribution in [0.5, 0.6) is 17.5 Å². The molecule has 0 saturated carbocycles. The van der Waals surface area contributed by atoms with Gasteiger partial charge in [-0.3, -0.25) is 4.79 Å². The zero-order chi connectivity index (χ0) is 25.9. The minimum atomic E-state index is -4.73. The molecule has 0 aliphatic heterocycles. The van der Waals surface area contributed by atoms with Gasteiger partial charge < -0.3 is 20.5 Å². The van der Waals surface area contributed by atoms with Crippen molar-refractivity contribution in [3.63, 3.8) is 0 Å². The second-order valence-corrected chi connectivity index (χ2v) is 7.68. The SMILES string of the molecule is COc1ccc(-c2nc(Nc3ccc(C(N)=O)cc3)nc(Oc3c(Cl)cccc3C(F)(F)F)n2)cc1. The second-order valence-electron chi connectivity index (χ2n) is 7.28. The van der Waals surface area contributed by atoms with Crippen molar-refractivity contribution in [1.29, 1.82) is 0 Å². The van der Waals surface area contributed by atoms with Crippen molar-refractivity contribution in [3.8, 4) is 28.9 Å². The quantitative estimate of drug-likeness (QED) is 0.317. The third-order valence-corrected chi connectivity index (χ3v) is 5.15. The molecule has 12 heteroatoms. The van der Waals surface area contributed by atoms with Crippen LogP contribution in [0.15, 0.2) is 66.7 Å². The van der Waals surface area contributed by atoms with Crippen molar-refractivity contribution in [2.75, 3.05) is 12.4 Å². The Balaban J connectivity index is 1.76. The molecule has 0 spiro atoms. The van der Waals surface area contributed by atoms with Crippen LogP contribution in [0.25, 0.3) is 11.4 Å². The van der Waals surface area contributed by atoms with E-state index < -0.39 is 29.4 Å². The topological polar surface area (TPSA) is 112 Å². The fraction of sp³-hybridized carbons (Fsp3) is 0.0833.